The first kappa shape index (κ1) is 27.8. The van der Waals surface area contributed by atoms with Gasteiger partial charge in [-0.2, -0.15) is 0 Å². The van der Waals surface area contributed by atoms with E-state index >= 15 is 0 Å². The molecule has 0 bridgehead atoms. The maximum atomic E-state index is 10.9. The van der Waals surface area contributed by atoms with Crippen LogP contribution >= 0.6 is 0 Å². The molecule has 0 atom stereocenters. The molecule has 204 valence electrons. The van der Waals surface area contributed by atoms with Gasteiger partial charge in [-0.1, -0.05) is 65.8 Å². The molecule has 0 saturated heterocycles. The first-order chi connectivity index (χ1) is 18.0. The third-order valence-electron chi connectivity index (χ3n) is 7.62. The van der Waals surface area contributed by atoms with Crippen molar-refractivity contribution in [2.75, 3.05) is 13.2 Å². The molecule has 0 radical (unpaired) electrons. The molecule has 0 amide bonds. The Balaban J connectivity index is 1.68. The van der Waals surface area contributed by atoms with Gasteiger partial charge in [-0.05, 0) is 77.4 Å². The van der Waals surface area contributed by atoms with E-state index in [1.807, 2.05) is 12.1 Å². The van der Waals surface area contributed by atoms with Crippen LogP contribution in [-0.4, -0.2) is 30.5 Å². The lowest BCUT2D eigenvalue weighted by molar-refractivity contribution is 0.133. The van der Waals surface area contributed by atoms with Crippen LogP contribution < -0.4 is 14.8 Å². The number of furan rings is 1. The summed E-state index contributed by atoms with van der Waals surface area (Å²) in [5.74, 6) is 0.783. The molecule has 0 unspecified atom stereocenters. The standard InChI is InChI=1S/C32H41NO5/c1-21(2)33-15-7-8-16-36-28-12-10-22(24-19-29(37-20-24)38-30(34)35)17-25(28)23-9-11-26-27(18-23)32(5,6)14-13-31(26,3)4/h9-12,17-21,33H,7-8,13-16H2,1-6H3,(H,34,35). The van der Waals surface area contributed by atoms with Crippen LogP contribution in [0.5, 0.6) is 11.7 Å². The minimum Gasteiger partial charge on any atom is -0.493 e. The first-order valence-corrected chi connectivity index (χ1v) is 13.6. The molecule has 4 rings (SSSR count). The Kier molecular flexibility index (Phi) is 8.22. The van der Waals surface area contributed by atoms with Crippen LogP contribution in [0.15, 0.2) is 53.1 Å². The van der Waals surface area contributed by atoms with Gasteiger partial charge in [0, 0.05) is 23.2 Å². The van der Waals surface area contributed by atoms with Crippen LogP contribution in [0, 0.1) is 0 Å². The fraction of sp³-hybridized carbons (Fsp3) is 0.469. The van der Waals surface area contributed by atoms with Crippen LogP contribution in [0.3, 0.4) is 0 Å². The van der Waals surface area contributed by atoms with Gasteiger partial charge >= 0.3 is 6.16 Å². The third kappa shape index (κ3) is 6.41. The Labute approximate surface area is 226 Å². The molecule has 38 heavy (non-hydrogen) atoms. The summed E-state index contributed by atoms with van der Waals surface area (Å²) in [6, 6.07) is 15.0. The zero-order valence-electron chi connectivity index (χ0n) is 23.5. The van der Waals surface area contributed by atoms with Crippen molar-refractivity contribution in [3.05, 3.63) is 59.9 Å². The first-order valence-electron chi connectivity index (χ1n) is 13.6. The van der Waals surface area contributed by atoms with Crippen molar-refractivity contribution in [1.82, 2.24) is 5.32 Å². The summed E-state index contributed by atoms with van der Waals surface area (Å²) in [5, 5.41) is 12.4. The number of benzene rings is 2. The molecule has 3 aromatic rings. The van der Waals surface area contributed by atoms with E-state index in [0.717, 1.165) is 53.8 Å². The normalized spacial score (nSPS) is 15.8. The molecule has 0 aliphatic heterocycles. The Morgan fingerprint density at radius 2 is 1.66 bits per heavy atom. The summed E-state index contributed by atoms with van der Waals surface area (Å²) >= 11 is 0. The fourth-order valence-electron chi connectivity index (χ4n) is 5.22. The van der Waals surface area contributed by atoms with Gasteiger partial charge in [0.25, 0.3) is 5.95 Å². The number of hydrogen-bond donors (Lipinski definition) is 2. The molecule has 0 saturated carbocycles. The van der Waals surface area contributed by atoms with Crippen LogP contribution in [0.2, 0.25) is 0 Å². The predicted molar refractivity (Wildman–Crippen MR) is 151 cm³/mol. The van der Waals surface area contributed by atoms with Gasteiger partial charge in [0.05, 0.1) is 6.61 Å². The lowest BCUT2D eigenvalue weighted by Gasteiger charge is -2.42. The average molecular weight is 520 g/mol. The van der Waals surface area contributed by atoms with Crippen LogP contribution in [0.4, 0.5) is 4.79 Å². The Morgan fingerprint density at radius 3 is 2.37 bits per heavy atom. The lowest BCUT2D eigenvalue weighted by Crippen LogP contribution is -2.33. The summed E-state index contributed by atoms with van der Waals surface area (Å²) in [7, 11) is 0. The largest absolute Gasteiger partial charge is 0.513 e. The molecule has 1 aliphatic carbocycles. The van der Waals surface area contributed by atoms with Crippen molar-refractivity contribution < 1.29 is 23.8 Å². The minimum atomic E-state index is -1.40. The summed E-state index contributed by atoms with van der Waals surface area (Å²) in [6.45, 7) is 15.3. The van der Waals surface area contributed by atoms with Gasteiger partial charge < -0.3 is 24.3 Å². The van der Waals surface area contributed by atoms with E-state index in [-0.39, 0.29) is 16.8 Å². The van der Waals surface area contributed by atoms with Crippen molar-refractivity contribution in [3.8, 4) is 33.9 Å². The predicted octanol–water partition coefficient (Wildman–Crippen LogP) is 8.18. The fourth-order valence-corrected chi connectivity index (χ4v) is 5.22. The lowest BCUT2D eigenvalue weighted by atomic mass is 9.63. The van der Waals surface area contributed by atoms with Crippen molar-refractivity contribution >= 4 is 6.16 Å². The van der Waals surface area contributed by atoms with E-state index in [0.29, 0.717) is 12.6 Å². The van der Waals surface area contributed by atoms with Gasteiger partial charge in [0.1, 0.15) is 12.0 Å². The Hall–Kier alpha value is -3.25. The average Bonchev–Trinajstić information content (AvgIpc) is 3.31. The second kappa shape index (κ2) is 11.2. The number of hydrogen-bond acceptors (Lipinski definition) is 5. The number of ether oxygens (including phenoxy) is 2. The van der Waals surface area contributed by atoms with Crippen molar-refractivity contribution in [3.63, 3.8) is 0 Å². The summed E-state index contributed by atoms with van der Waals surface area (Å²) in [4.78, 5) is 10.9. The molecule has 6 nitrogen and oxygen atoms in total. The number of unbranched alkanes of at least 4 members (excludes halogenated alkanes) is 1. The summed E-state index contributed by atoms with van der Waals surface area (Å²) < 4.78 is 16.3. The SMILES string of the molecule is CC(C)NCCCCOc1ccc(-c2coc(OC(=O)O)c2)cc1-c1ccc2c(c1)C(C)(C)CCC2(C)C. The van der Waals surface area contributed by atoms with Crippen molar-refractivity contribution in [1.29, 1.82) is 0 Å². The highest BCUT2D eigenvalue weighted by Gasteiger charge is 2.37. The van der Waals surface area contributed by atoms with E-state index in [4.69, 9.17) is 14.3 Å². The second-order valence-electron chi connectivity index (χ2n) is 11.9. The highest BCUT2D eigenvalue weighted by molar-refractivity contribution is 5.79. The molecule has 1 heterocycles. The van der Waals surface area contributed by atoms with Gasteiger partial charge in [-0.15, -0.1) is 0 Å². The van der Waals surface area contributed by atoms with Gasteiger partial charge in [0.2, 0.25) is 0 Å². The van der Waals surface area contributed by atoms with Gasteiger partial charge in [0.15, 0.2) is 0 Å². The maximum absolute atomic E-state index is 10.9. The van der Waals surface area contributed by atoms with Crippen molar-refractivity contribution in [2.24, 2.45) is 0 Å². The molecule has 1 aliphatic rings. The number of fused-ring (bicyclic) bond motifs is 1. The number of carbonyl (C=O) groups is 1. The van der Waals surface area contributed by atoms with E-state index in [1.54, 1.807) is 6.07 Å². The molecule has 2 N–H and O–H groups in total. The van der Waals surface area contributed by atoms with Crippen LogP contribution in [0.25, 0.3) is 22.3 Å². The van der Waals surface area contributed by atoms with E-state index in [2.05, 4.69) is 75.9 Å². The zero-order valence-corrected chi connectivity index (χ0v) is 23.5. The number of carboxylic acid groups (broad SMARTS) is 1. The molecule has 2 aromatic carbocycles. The summed E-state index contributed by atoms with van der Waals surface area (Å²) in [5.41, 5.74) is 6.80. The topological polar surface area (TPSA) is 80.9 Å². The third-order valence-corrected chi connectivity index (χ3v) is 7.62. The van der Waals surface area contributed by atoms with Crippen molar-refractivity contribution in [2.45, 2.75) is 84.1 Å². The zero-order chi connectivity index (χ0) is 27.5. The number of nitrogens with one attached hydrogen (secondary N) is 1. The maximum Gasteiger partial charge on any atom is 0.513 e. The highest BCUT2D eigenvalue weighted by Crippen LogP contribution is 2.47. The monoisotopic (exact) mass is 519 g/mol. The Morgan fingerprint density at radius 1 is 0.947 bits per heavy atom. The highest BCUT2D eigenvalue weighted by atomic mass is 16.7. The molecule has 0 spiro atoms. The molecular formula is C32H41NO5. The molecule has 6 heteroatoms. The van der Waals surface area contributed by atoms with Crippen LogP contribution in [-0.2, 0) is 10.8 Å². The molecule has 1 aromatic heterocycles. The second-order valence-corrected chi connectivity index (χ2v) is 11.9. The number of rotatable bonds is 10. The van der Waals surface area contributed by atoms with Gasteiger partial charge in [-0.3, -0.25) is 0 Å². The Bertz CT molecular complexity index is 1270. The van der Waals surface area contributed by atoms with Crippen LogP contribution in [0.1, 0.15) is 78.4 Å². The van der Waals surface area contributed by atoms with E-state index in [1.165, 1.54) is 23.8 Å². The molecular weight excluding hydrogens is 478 g/mol. The smallest absolute Gasteiger partial charge is 0.493 e. The summed E-state index contributed by atoms with van der Waals surface area (Å²) in [6.07, 6.45) is 4.44. The van der Waals surface area contributed by atoms with Gasteiger partial charge in [-0.25, -0.2) is 4.79 Å². The minimum absolute atomic E-state index is 0.0536. The van der Waals surface area contributed by atoms with E-state index < -0.39 is 6.16 Å². The van der Waals surface area contributed by atoms with E-state index in [9.17, 15) is 4.79 Å². The quantitative estimate of drug-likeness (QED) is 0.208. The molecule has 0 fully saturated rings.